The molecule has 3 aromatic rings. The number of nitrogens with zero attached hydrogens (tertiary/aromatic N) is 1. The number of carbonyl (C=O) groups excluding carboxylic acids is 1. The van der Waals surface area contributed by atoms with Gasteiger partial charge in [-0.1, -0.05) is 11.6 Å². The average molecular weight is 488 g/mol. The summed E-state index contributed by atoms with van der Waals surface area (Å²) in [5.74, 6) is -0.343. The Labute approximate surface area is 195 Å². The minimum Gasteiger partial charge on any atom is -0.495 e. The van der Waals surface area contributed by atoms with E-state index in [2.05, 4.69) is 0 Å². The Balaban J connectivity index is 1.86. The first-order valence-corrected chi connectivity index (χ1v) is 11.8. The van der Waals surface area contributed by atoms with Crippen molar-refractivity contribution in [2.75, 3.05) is 18.6 Å². The van der Waals surface area contributed by atoms with Crippen LogP contribution in [0.15, 0.2) is 76.7 Å². The van der Waals surface area contributed by atoms with Gasteiger partial charge in [-0.25, -0.2) is 12.8 Å². The number of benzene rings is 3. The number of halogens is 2. The molecule has 0 saturated carbocycles. The van der Waals surface area contributed by atoms with Crippen LogP contribution in [-0.4, -0.2) is 27.9 Å². The van der Waals surface area contributed by atoms with Crippen LogP contribution in [0, 0.1) is 5.82 Å². The predicted molar refractivity (Wildman–Crippen MR) is 124 cm³/mol. The zero-order valence-electron chi connectivity index (χ0n) is 17.7. The molecule has 0 spiro atoms. The Kier molecular flexibility index (Phi) is 6.14. The molecule has 170 valence electrons. The second-order valence-corrected chi connectivity index (χ2v) is 9.38. The molecule has 0 aromatic heterocycles. The Bertz CT molecular complexity index is 1370. The van der Waals surface area contributed by atoms with Crippen molar-refractivity contribution in [3.8, 4) is 11.5 Å². The number of ketones is 1. The zero-order chi connectivity index (χ0) is 23.8. The van der Waals surface area contributed by atoms with Crippen molar-refractivity contribution in [1.29, 1.82) is 0 Å². The van der Waals surface area contributed by atoms with Crippen molar-refractivity contribution in [3.63, 3.8) is 0 Å². The molecule has 0 aliphatic carbocycles. The summed E-state index contributed by atoms with van der Waals surface area (Å²) < 4.78 is 51.3. The highest BCUT2D eigenvalue weighted by atomic mass is 35.5. The predicted octanol–water partition coefficient (Wildman–Crippen LogP) is 5.54. The van der Waals surface area contributed by atoms with Crippen LogP contribution >= 0.6 is 11.6 Å². The van der Waals surface area contributed by atoms with E-state index in [9.17, 15) is 17.6 Å². The fraction of sp³-hybridized carbons (Fsp3) is 0.125. The van der Waals surface area contributed by atoms with Crippen molar-refractivity contribution in [1.82, 2.24) is 0 Å². The number of sulfone groups is 1. The SMILES string of the molecule is CCOc1ccc(C(=O)C2=CN(c3ccc(OC)c(Cl)c3)c3cc(F)ccc3S2(=O)=O)cc1. The van der Waals surface area contributed by atoms with Crippen molar-refractivity contribution in [2.45, 2.75) is 11.8 Å². The smallest absolute Gasteiger partial charge is 0.214 e. The quantitative estimate of drug-likeness (QED) is 0.336. The highest BCUT2D eigenvalue weighted by molar-refractivity contribution is 7.96. The largest absolute Gasteiger partial charge is 0.495 e. The lowest BCUT2D eigenvalue weighted by Gasteiger charge is -2.29. The number of rotatable bonds is 6. The number of allylic oxidation sites excluding steroid dienone is 1. The monoisotopic (exact) mass is 487 g/mol. The molecule has 4 rings (SSSR count). The molecule has 3 aromatic carbocycles. The first-order chi connectivity index (χ1) is 15.8. The lowest BCUT2D eigenvalue weighted by molar-refractivity contribution is 0.104. The third-order valence-corrected chi connectivity index (χ3v) is 7.16. The van der Waals surface area contributed by atoms with Gasteiger partial charge in [0.25, 0.3) is 0 Å². The maximum atomic E-state index is 14.1. The normalized spacial score (nSPS) is 14.3. The molecule has 0 amide bonds. The van der Waals surface area contributed by atoms with E-state index in [0.717, 1.165) is 18.2 Å². The molecule has 0 saturated heterocycles. The van der Waals surface area contributed by atoms with E-state index in [4.69, 9.17) is 21.1 Å². The van der Waals surface area contributed by atoms with Gasteiger partial charge < -0.3 is 14.4 Å². The molecule has 9 heteroatoms. The van der Waals surface area contributed by atoms with Crippen molar-refractivity contribution in [2.24, 2.45) is 0 Å². The van der Waals surface area contributed by atoms with Crippen LogP contribution in [0.5, 0.6) is 11.5 Å². The summed E-state index contributed by atoms with van der Waals surface area (Å²) in [7, 11) is -2.75. The molecule has 1 aliphatic rings. The highest BCUT2D eigenvalue weighted by Crippen LogP contribution is 2.42. The third-order valence-electron chi connectivity index (χ3n) is 5.07. The molecule has 0 radical (unpaired) electrons. The van der Waals surface area contributed by atoms with Crippen LogP contribution in [0.25, 0.3) is 0 Å². The van der Waals surface area contributed by atoms with E-state index >= 15 is 0 Å². The Morgan fingerprint density at radius 2 is 1.79 bits per heavy atom. The van der Waals surface area contributed by atoms with E-state index in [1.807, 2.05) is 6.92 Å². The maximum absolute atomic E-state index is 14.1. The number of anilines is 2. The molecule has 0 bridgehead atoms. The van der Waals surface area contributed by atoms with Gasteiger partial charge in [0.05, 0.1) is 29.3 Å². The van der Waals surface area contributed by atoms with E-state index in [1.54, 1.807) is 30.3 Å². The molecule has 0 unspecified atom stereocenters. The minimum atomic E-state index is -4.22. The summed E-state index contributed by atoms with van der Waals surface area (Å²) in [4.78, 5) is 14.1. The topological polar surface area (TPSA) is 72.9 Å². The van der Waals surface area contributed by atoms with Gasteiger partial charge in [-0.15, -0.1) is 0 Å². The van der Waals surface area contributed by atoms with Crippen LogP contribution in [-0.2, 0) is 9.84 Å². The van der Waals surface area contributed by atoms with Crippen LogP contribution < -0.4 is 14.4 Å². The van der Waals surface area contributed by atoms with Gasteiger partial charge in [0.1, 0.15) is 22.2 Å². The molecular weight excluding hydrogens is 469 g/mol. The summed E-state index contributed by atoms with van der Waals surface area (Å²) in [6, 6.07) is 14.2. The number of Topliss-reactive ketones (excluding diaryl/α,β-unsaturated/α-hetero) is 1. The van der Waals surface area contributed by atoms with Gasteiger partial charge in [0.15, 0.2) is 0 Å². The van der Waals surface area contributed by atoms with Crippen molar-refractivity contribution >= 4 is 38.6 Å². The molecular formula is C24H19ClFNO5S. The Hall–Kier alpha value is -3.36. The highest BCUT2D eigenvalue weighted by Gasteiger charge is 2.36. The second kappa shape index (κ2) is 8.88. The zero-order valence-corrected chi connectivity index (χ0v) is 19.3. The van der Waals surface area contributed by atoms with Gasteiger partial charge >= 0.3 is 0 Å². The standard InChI is InChI=1S/C24H19ClFNO5S/c1-3-32-18-8-4-15(5-9-18)24(28)23-14-27(17-7-10-21(31-2)19(25)13-17)20-12-16(26)6-11-22(20)33(23,29)30/h4-14H,3H2,1-2H3. The van der Waals surface area contributed by atoms with Crippen LogP contribution in [0.1, 0.15) is 17.3 Å². The number of hydrogen-bond donors (Lipinski definition) is 0. The molecule has 0 fully saturated rings. The van der Waals surface area contributed by atoms with Gasteiger partial charge in [0.2, 0.25) is 15.6 Å². The van der Waals surface area contributed by atoms with Crippen molar-refractivity contribution in [3.05, 3.63) is 88.2 Å². The molecule has 0 N–H and O–H groups in total. The number of fused-ring (bicyclic) bond motifs is 1. The van der Waals surface area contributed by atoms with Gasteiger partial charge in [-0.3, -0.25) is 4.79 Å². The van der Waals surface area contributed by atoms with E-state index in [0.29, 0.717) is 23.8 Å². The molecule has 33 heavy (non-hydrogen) atoms. The maximum Gasteiger partial charge on any atom is 0.214 e. The summed E-state index contributed by atoms with van der Waals surface area (Å²) in [5.41, 5.74) is 0.672. The number of hydrogen-bond acceptors (Lipinski definition) is 6. The summed E-state index contributed by atoms with van der Waals surface area (Å²) in [6.07, 6.45) is 1.19. The van der Waals surface area contributed by atoms with Gasteiger partial charge in [-0.2, -0.15) is 0 Å². The van der Waals surface area contributed by atoms with Crippen molar-refractivity contribution < 1.29 is 27.1 Å². The van der Waals surface area contributed by atoms with Gasteiger partial charge in [0, 0.05) is 17.5 Å². The summed E-state index contributed by atoms with van der Waals surface area (Å²) in [6.45, 7) is 2.29. The van der Waals surface area contributed by atoms with E-state index < -0.39 is 26.3 Å². The number of ether oxygens (including phenoxy) is 2. The second-order valence-electron chi connectivity index (χ2n) is 7.08. The first-order valence-electron chi connectivity index (χ1n) is 9.93. The van der Waals surface area contributed by atoms with Gasteiger partial charge in [-0.05, 0) is 67.6 Å². The molecule has 6 nitrogen and oxygen atoms in total. The lowest BCUT2D eigenvalue weighted by atomic mass is 10.1. The van der Waals surface area contributed by atoms with E-state index in [-0.39, 0.29) is 21.2 Å². The molecule has 1 aliphatic heterocycles. The van der Waals surface area contributed by atoms with E-state index in [1.165, 1.54) is 30.3 Å². The third kappa shape index (κ3) is 4.19. The molecule has 1 heterocycles. The number of carbonyl (C=O) groups is 1. The summed E-state index contributed by atoms with van der Waals surface area (Å²) in [5, 5.41) is 0.272. The average Bonchev–Trinajstić information content (AvgIpc) is 2.79. The summed E-state index contributed by atoms with van der Waals surface area (Å²) >= 11 is 6.25. The fourth-order valence-corrected chi connectivity index (χ4v) is 5.27. The number of methoxy groups -OCH3 is 1. The Morgan fingerprint density at radius 1 is 1.06 bits per heavy atom. The first kappa shape index (κ1) is 22.8. The lowest BCUT2D eigenvalue weighted by Crippen LogP contribution is -2.26. The van der Waals surface area contributed by atoms with Crippen LogP contribution in [0.2, 0.25) is 5.02 Å². The molecule has 0 atom stereocenters. The van der Waals surface area contributed by atoms with Crippen LogP contribution in [0.4, 0.5) is 15.8 Å². The fourth-order valence-electron chi connectivity index (χ4n) is 3.49. The minimum absolute atomic E-state index is 0.0690. The van der Waals surface area contributed by atoms with Crippen LogP contribution in [0.3, 0.4) is 0 Å². The Morgan fingerprint density at radius 3 is 2.42 bits per heavy atom.